The minimum Gasteiger partial charge on any atom is -0.507 e. The molecule has 38 heavy (non-hydrogen) atoms. The number of hydrogen-bond donors (Lipinski definition) is 1. The molecule has 1 saturated heterocycles. The maximum Gasteiger partial charge on any atom is 0.300 e. The molecule has 0 bridgehead atoms. The Morgan fingerprint density at radius 2 is 1.61 bits per heavy atom. The third-order valence-electron chi connectivity index (χ3n) is 6.11. The number of carbonyl (C=O) groups is 2. The first-order chi connectivity index (χ1) is 18.2. The van der Waals surface area contributed by atoms with Gasteiger partial charge in [0.2, 0.25) is 0 Å². The number of nitrogens with zero attached hydrogens (tertiary/aromatic N) is 1. The maximum atomic E-state index is 13.5. The van der Waals surface area contributed by atoms with Crippen LogP contribution in [0.2, 0.25) is 0 Å². The summed E-state index contributed by atoms with van der Waals surface area (Å²) in [6.45, 7) is 10.4. The average molecular weight is 516 g/mol. The molecule has 0 spiro atoms. The third kappa shape index (κ3) is 5.37. The van der Waals surface area contributed by atoms with Crippen molar-refractivity contribution in [3.63, 3.8) is 0 Å². The van der Waals surface area contributed by atoms with Gasteiger partial charge < -0.3 is 19.3 Å². The van der Waals surface area contributed by atoms with Crippen LogP contribution >= 0.6 is 0 Å². The molecule has 4 rings (SSSR count). The third-order valence-corrected chi connectivity index (χ3v) is 6.11. The molecule has 7 heteroatoms. The van der Waals surface area contributed by atoms with E-state index in [0.29, 0.717) is 47.3 Å². The van der Waals surface area contributed by atoms with E-state index in [1.165, 1.54) is 4.90 Å². The van der Waals surface area contributed by atoms with Crippen LogP contribution in [0.4, 0.5) is 5.69 Å². The topological polar surface area (TPSA) is 85.3 Å². The minimum absolute atomic E-state index is 0.00298. The number of aliphatic hydroxyl groups excluding tert-OH is 1. The molecule has 198 valence electrons. The van der Waals surface area contributed by atoms with Crippen molar-refractivity contribution < 1.29 is 28.9 Å². The van der Waals surface area contributed by atoms with Crippen molar-refractivity contribution >= 4 is 23.1 Å². The SMILES string of the molecule is CCOc1ccc(N2C(=O)C(=O)/C(=C(/O)c3ccc(OC(C)C)cc3)C2c2cccc(C)c2)cc1OCC. The second-order valence-electron chi connectivity index (χ2n) is 9.27. The van der Waals surface area contributed by atoms with Gasteiger partial charge in [-0.25, -0.2) is 0 Å². The van der Waals surface area contributed by atoms with Gasteiger partial charge in [-0.1, -0.05) is 29.8 Å². The number of aliphatic hydroxyl groups is 1. The van der Waals surface area contributed by atoms with Gasteiger partial charge in [-0.2, -0.15) is 0 Å². The molecule has 3 aromatic carbocycles. The Morgan fingerprint density at radius 1 is 0.921 bits per heavy atom. The monoisotopic (exact) mass is 515 g/mol. The number of rotatable bonds is 9. The van der Waals surface area contributed by atoms with Crippen molar-refractivity contribution in [3.05, 3.63) is 89.0 Å². The summed E-state index contributed by atoms with van der Waals surface area (Å²) in [4.78, 5) is 28.4. The van der Waals surface area contributed by atoms with Crippen molar-refractivity contribution in [1.82, 2.24) is 0 Å². The van der Waals surface area contributed by atoms with Crippen molar-refractivity contribution in [2.24, 2.45) is 0 Å². The van der Waals surface area contributed by atoms with E-state index in [0.717, 1.165) is 5.56 Å². The lowest BCUT2D eigenvalue weighted by atomic mass is 9.94. The molecule has 1 fully saturated rings. The highest BCUT2D eigenvalue weighted by molar-refractivity contribution is 6.51. The van der Waals surface area contributed by atoms with Crippen LogP contribution in [0.1, 0.15) is 50.4 Å². The minimum atomic E-state index is -0.839. The highest BCUT2D eigenvalue weighted by Crippen LogP contribution is 2.44. The molecule has 1 N–H and O–H groups in total. The summed E-state index contributed by atoms with van der Waals surface area (Å²) in [6.07, 6.45) is -0.00298. The Hall–Kier alpha value is -4.26. The quantitative estimate of drug-likeness (QED) is 0.207. The Morgan fingerprint density at radius 3 is 2.24 bits per heavy atom. The van der Waals surface area contributed by atoms with E-state index in [4.69, 9.17) is 14.2 Å². The van der Waals surface area contributed by atoms with Crippen LogP contribution in [0, 0.1) is 6.92 Å². The summed E-state index contributed by atoms with van der Waals surface area (Å²) in [5.74, 6) is -0.0785. The van der Waals surface area contributed by atoms with E-state index in [9.17, 15) is 14.7 Å². The van der Waals surface area contributed by atoms with Crippen LogP contribution < -0.4 is 19.1 Å². The number of ketones is 1. The van der Waals surface area contributed by atoms with E-state index >= 15 is 0 Å². The number of hydrogen-bond acceptors (Lipinski definition) is 6. The highest BCUT2D eigenvalue weighted by Gasteiger charge is 2.47. The molecule has 7 nitrogen and oxygen atoms in total. The Balaban J connectivity index is 1.87. The van der Waals surface area contributed by atoms with Crippen LogP contribution in [0.25, 0.3) is 5.76 Å². The second-order valence-corrected chi connectivity index (χ2v) is 9.27. The van der Waals surface area contributed by atoms with Crippen molar-refractivity contribution in [2.75, 3.05) is 18.1 Å². The van der Waals surface area contributed by atoms with Crippen molar-refractivity contribution in [3.8, 4) is 17.2 Å². The van der Waals surface area contributed by atoms with Gasteiger partial charge in [0, 0.05) is 17.3 Å². The lowest BCUT2D eigenvalue weighted by Crippen LogP contribution is -2.29. The van der Waals surface area contributed by atoms with Crippen LogP contribution in [0.15, 0.2) is 72.3 Å². The normalized spacial score (nSPS) is 16.7. The molecular weight excluding hydrogens is 482 g/mol. The largest absolute Gasteiger partial charge is 0.507 e. The standard InChI is InChI=1S/C31H33NO6/c1-6-36-25-16-13-23(18-26(25)37-7-2)32-28(22-10-8-9-20(5)17-22)27(30(34)31(32)35)29(33)21-11-14-24(15-12-21)38-19(3)4/h8-19,28,33H,6-7H2,1-5H3/b29-27+. The zero-order valence-corrected chi connectivity index (χ0v) is 22.4. The lowest BCUT2D eigenvalue weighted by Gasteiger charge is -2.26. The molecule has 3 aromatic rings. The van der Waals surface area contributed by atoms with Crippen LogP contribution in [-0.2, 0) is 9.59 Å². The number of anilines is 1. The molecule has 1 unspecified atom stereocenters. The second kappa shape index (κ2) is 11.4. The molecule has 0 aromatic heterocycles. The fourth-order valence-corrected chi connectivity index (χ4v) is 4.56. The number of Topliss-reactive ketones (excluding diaryl/α,β-unsaturated/α-hetero) is 1. The number of ether oxygens (including phenoxy) is 3. The number of carbonyl (C=O) groups excluding carboxylic acids is 2. The summed E-state index contributed by atoms with van der Waals surface area (Å²) in [5.41, 5.74) is 2.57. The highest BCUT2D eigenvalue weighted by atomic mass is 16.5. The number of benzene rings is 3. The molecule has 1 heterocycles. The van der Waals surface area contributed by atoms with E-state index in [1.54, 1.807) is 42.5 Å². The first-order valence-electron chi connectivity index (χ1n) is 12.8. The van der Waals surface area contributed by atoms with Crippen LogP contribution in [-0.4, -0.2) is 36.1 Å². The summed E-state index contributed by atoms with van der Waals surface area (Å²) in [6, 6.07) is 18.7. The molecule has 1 aliphatic heterocycles. The number of aryl methyl sites for hydroxylation is 1. The van der Waals surface area contributed by atoms with Crippen molar-refractivity contribution in [2.45, 2.75) is 46.8 Å². The molecule has 0 saturated carbocycles. The van der Waals surface area contributed by atoms with Crippen LogP contribution in [0.3, 0.4) is 0 Å². The first kappa shape index (κ1) is 26.8. The van der Waals surface area contributed by atoms with Gasteiger partial charge >= 0.3 is 0 Å². The maximum absolute atomic E-state index is 13.5. The molecule has 1 atom stereocenters. The van der Waals surface area contributed by atoms with E-state index < -0.39 is 17.7 Å². The molecular formula is C31H33NO6. The van der Waals surface area contributed by atoms with Gasteiger partial charge in [-0.3, -0.25) is 14.5 Å². The van der Waals surface area contributed by atoms with Gasteiger partial charge in [0.15, 0.2) is 11.5 Å². The van der Waals surface area contributed by atoms with Gasteiger partial charge in [0.05, 0.1) is 30.9 Å². The predicted molar refractivity (Wildman–Crippen MR) is 147 cm³/mol. The summed E-state index contributed by atoms with van der Waals surface area (Å²) in [7, 11) is 0. The lowest BCUT2D eigenvalue weighted by molar-refractivity contribution is -0.132. The van der Waals surface area contributed by atoms with Crippen molar-refractivity contribution in [1.29, 1.82) is 0 Å². The van der Waals surface area contributed by atoms with Gasteiger partial charge in [-0.15, -0.1) is 0 Å². The zero-order chi connectivity index (χ0) is 27.4. The summed E-state index contributed by atoms with van der Waals surface area (Å²) >= 11 is 0. The van der Waals surface area contributed by atoms with Gasteiger partial charge in [-0.05, 0) is 76.6 Å². The molecule has 1 amide bonds. The van der Waals surface area contributed by atoms with Crippen LogP contribution in [0.5, 0.6) is 17.2 Å². The first-order valence-corrected chi connectivity index (χ1v) is 12.8. The van der Waals surface area contributed by atoms with E-state index in [1.807, 2.05) is 58.9 Å². The average Bonchev–Trinajstić information content (AvgIpc) is 3.15. The van der Waals surface area contributed by atoms with E-state index in [-0.39, 0.29) is 17.4 Å². The Kier molecular flexibility index (Phi) is 8.05. The summed E-state index contributed by atoms with van der Waals surface area (Å²) in [5, 5.41) is 11.4. The fourth-order valence-electron chi connectivity index (χ4n) is 4.56. The van der Waals surface area contributed by atoms with Gasteiger partial charge in [0.1, 0.15) is 11.5 Å². The predicted octanol–water partition coefficient (Wildman–Crippen LogP) is 6.21. The van der Waals surface area contributed by atoms with Gasteiger partial charge in [0.25, 0.3) is 11.7 Å². The summed E-state index contributed by atoms with van der Waals surface area (Å²) < 4.78 is 17.2. The van der Waals surface area contributed by atoms with E-state index in [2.05, 4.69) is 0 Å². The zero-order valence-electron chi connectivity index (χ0n) is 22.4. The smallest absolute Gasteiger partial charge is 0.300 e. The number of amides is 1. The molecule has 1 aliphatic rings. The Labute approximate surface area is 223 Å². The fraction of sp³-hybridized carbons (Fsp3) is 0.290. The molecule has 0 radical (unpaired) electrons. The molecule has 0 aliphatic carbocycles. The Bertz CT molecular complexity index is 1360.